The molecule has 1 aliphatic heterocycles. The van der Waals surface area contributed by atoms with E-state index in [9.17, 15) is 10.2 Å². The standard InChI is InChI=1S/3C12H19NO.C10H13NO.2Cl5P/c2*1-5-13(4)8-11-7-9(2)6-10(3)12(11)14;1-5-13(3)9-11-8-10(2)6-7-12(11)14-4;1-8-3-4-10-9(5-8)6-11(2)7-12-10;2*1-6(2,3,4)5/h2*6-7,14H,5,8H2,1-4H3;6-8H,5,9H2,1-4H3;3-5H,6-7H2,1-2H3;;. The van der Waals surface area contributed by atoms with Crippen molar-refractivity contribution in [2.24, 2.45) is 0 Å². The van der Waals surface area contributed by atoms with Crippen molar-refractivity contribution in [3.05, 3.63) is 116 Å². The number of halogens is 10. The second-order valence-corrected chi connectivity index (χ2v) is 49.4. The summed E-state index contributed by atoms with van der Waals surface area (Å²) in [4.78, 5) is 8.76. The molecule has 0 unspecified atom stereocenters. The Morgan fingerprint density at radius 3 is 1.29 bits per heavy atom. The molecule has 0 atom stereocenters. The number of phenolic OH excluding ortho intramolecular Hbond substituents is 2. The maximum absolute atomic E-state index is 9.84. The quantitative estimate of drug-likeness (QED) is 0.152. The van der Waals surface area contributed by atoms with Gasteiger partial charge in [0.1, 0.15) is 29.7 Å². The number of fused-ring (bicyclic) bond motifs is 1. The van der Waals surface area contributed by atoms with Gasteiger partial charge in [-0.3, -0.25) is 4.90 Å². The Kier molecular flexibility index (Phi) is 29.7. The number of rotatable bonds is 10. The van der Waals surface area contributed by atoms with Gasteiger partial charge in [-0.25, -0.2) is 0 Å². The topological polar surface area (TPSA) is 71.9 Å². The average molecular weight is 1160 g/mol. The molecule has 0 aliphatic carbocycles. The molecule has 1 aliphatic rings. The van der Waals surface area contributed by atoms with Crippen molar-refractivity contribution in [1.29, 1.82) is 0 Å². The molecule has 5 rings (SSSR count). The molecular formula is C46H70Cl10N4O4P2. The molecule has 0 spiro atoms. The number of ether oxygens (including phenoxy) is 2. The van der Waals surface area contributed by atoms with Crippen LogP contribution >= 0.6 is 119 Å². The molecule has 0 saturated carbocycles. The summed E-state index contributed by atoms with van der Waals surface area (Å²) in [5.74, 6) is 2.90. The predicted octanol–water partition coefficient (Wildman–Crippen LogP) is 17.8. The van der Waals surface area contributed by atoms with Crippen molar-refractivity contribution in [3.8, 4) is 23.0 Å². The van der Waals surface area contributed by atoms with Crippen LogP contribution < -0.4 is 9.47 Å². The van der Waals surface area contributed by atoms with Crippen LogP contribution in [0.5, 0.6) is 23.0 Å². The summed E-state index contributed by atoms with van der Waals surface area (Å²) in [5, 5.41) is 19.7. The van der Waals surface area contributed by atoms with E-state index in [0.717, 1.165) is 79.6 Å². The van der Waals surface area contributed by atoms with E-state index in [2.05, 4.69) is 139 Å². The third-order valence-electron chi connectivity index (χ3n) is 9.52. The maximum atomic E-state index is 9.84. The van der Waals surface area contributed by atoms with Gasteiger partial charge in [-0.1, -0.05) is 91.6 Å². The fourth-order valence-electron chi connectivity index (χ4n) is 6.06. The fraction of sp³-hybridized carbons (Fsp3) is 0.478. The molecule has 0 radical (unpaired) electrons. The number of hydrogen-bond acceptors (Lipinski definition) is 8. The third-order valence-corrected chi connectivity index (χ3v) is 9.52. The third kappa shape index (κ3) is 33.3. The molecule has 20 heteroatoms. The van der Waals surface area contributed by atoms with Crippen LogP contribution in [0.4, 0.5) is 0 Å². The van der Waals surface area contributed by atoms with Crippen LogP contribution in [0.15, 0.2) is 60.7 Å². The molecule has 1 heterocycles. The Labute approximate surface area is 444 Å². The van der Waals surface area contributed by atoms with Gasteiger partial charge in [-0.05, 0) is 113 Å². The molecule has 66 heavy (non-hydrogen) atoms. The molecule has 2 N–H and O–H groups in total. The summed E-state index contributed by atoms with van der Waals surface area (Å²) in [6.45, 7) is 25.9. The SMILES string of the molecule is CCN(C)Cc1cc(C)cc(C)c1O.CCN(C)Cc1cc(C)cc(C)c1O.CCN(C)Cc1cc(C)ccc1OC.Cc1ccc2c(c1)CN(C)CO2.ClP(Cl)(Cl)(Cl)Cl.ClP(Cl)(Cl)(Cl)Cl. The molecule has 4 aromatic rings. The van der Waals surface area contributed by atoms with Gasteiger partial charge in [0.25, 0.3) is 0 Å². The minimum absolute atomic E-state index is 0.441. The summed E-state index contributed by atoms with van der Waals surface area (Å²) in [5.41, 5.74) is 11.5. The van der Waals surface area contributed by atoms with Crippen LogP contribution in [-0.4, -0.2) is 91.5 Å². The average Bonchev–Trinajstić information content (AvgIpc) is 3.17. The van der Waals surface area contributed by atoms with E-state index in [1.54, 1.807) is 7.11 Å². The molecule has 0 fully saturated rings. The van der Waals surface area contributed by atoms with E-state index in [0.29, 0.717) is 18.2 Å². The van der Waals surface area contributed by atoms with Gasteiger partial charge in [-0.15, -0.1) is 0 Å². The van der Waals surface area contributed by atoms with Crippen molar-refractivity contribution >= 4 is 119 Å². The van der Waals surface area contributed by atoms with Crippen LogP contribution in [0, 0.1) is 41.5 Å². The summed E-state index contributed by atoms with van der Waals surface area (Å²) in [7, 11) is 10.0. The zero-order valence-corrected chi connectivity index (χ0v) is 50.0. The first kappa shape index (κ1) is 65.7. The Hall–Kier alpha value is -0.320. The van der Waals surface area contributed by atoms with E-state index < -0.39 is 6.73 Å². The molecule has 0 saturated heterocycles. The van der Waals surface area contributed by atoms with Gasteiger partial charge in [0, 0.05) is 48.4 Å². The molecular weight excluding hydrogens is 1090 g/mol. The number of aromatic hydroxyl groups is 2. The number of methoxy groups -OCH3 is 1. The van der Waals surface area contributed by atoms with E-state index in [4.69, 9.17) is 122 Å². The Bertz CT molecular complexity index is 1980. The fourth-order valence-corrected chi connectivity index (χ4v) is 6.06. The number of hydrogen-bond donors (Lipinski definition) is 2. The molecule has 8 nitrogen and oxygen atoms in total. The minimum atomic E-state index is -3.69. The number of aryl methyl sites for hydroxylation is 6. The predicted molar refractivity (Wildman–Crippen MR) is 299 cm³/mol. The molecule has 0 amide bonds. The van der Waals surface area contributed by atoms with Crippen LogP contribution in [-0.2, 0) is 26.2 Å². The van der Waals surface area contributed by atoms with E-state index in [-0.39, 0.29) is 0 Å². The summed E-state index contributed by atoms with van der Waals surface area (Å²) in [6, 6.07) is 20.7. The van der Waals surface area contributed by atoms with Gasteiger partial charge >= 0.3 is 119 Å². The van der Waals surface area contributed by atoms with Crippen LogP contribution in [0.3, 0.4) is 0 Å². The zero-order valence-electron chi connectivity index (χ0n) is 40.6. The summed E-state index contributed by atoms with van der Waals surface area (Å²) < 4.78 is 3.46. The first-order valence-electron chi connectivity index (χ1n) is 20.9. The van der Waals surface area contributed by atoms with Crippen molar-refractivity contribution in [3.63, 3.8) is 0 Å². The van der Waals surface area contributed by atoms with Gasteiger partial charge < -0.3 is 34.4 Å². The van der Waals surface area contributed by atoms with Crippen LogP contribution in [0.1, 0.15) is 76.4 Å². The van der Waals surface area contributed by atoms with E-state index in [1.807, 2.05) is 32.0 Å². The summed E-state index contributed by atoms with van der Waals surface area (Å²) in [6.07, 6.45) is 0. The Balaban J connectivity index is 0.000000790. The monoisotopic (exact) mass is 1150 g/mol. The van der Waals surface area contributed by atoms with E-state index in [1.165, 1.54) is 33.4 Å². The second-order valence-electron chi connectivity index (χ2n) is 16.2. The van der Waals surface area contributed by atoms with Crippen LogP contribution in [0.25, 0.3) is 0 Å². The number of nitrogens with zero attached hydrogens (tertiary/aromatic N) is 4. The second kappa shape index (κ2) is 29.9. The molecule has 0 aromatic heterocycles. The van der Waals surface area contributed by atoms with Crippen molar-refractivity contribution in [2.45, 2.75) is 88.5 Å². The Morgan fingerprint density at radius 2 is 0.909 bits per heavy atom. The van der Waals surface area contributed by atoms with Gasteiger partial charge in [-0.2, -0.15) is 0 Å². The molecule has 0 bridgehead atoms. The number of benzene rings is 4. The van der Waals surface area contributed by atoms with Gasteiger partial charge in [0.05, 0.1) is 7.11 Å². The summed E-state index contributed by atoms with van der Waals surface area (Å²) >= 11 is 49.8. The first-order valence-corrected chi connectivity index (χ1v) is 34.4. The van der Waals surface area contributed by atoms with Crippen molar-refractivity contribution in [1.82, 2.24) is 19.6 Å². The van der Waals surface area contributed by atoms with Crippen LogP contribution in [0.2, 0.25) is 0 Å². The van der Waals surface area contributed by atoms with Gasteiger partial charge in [0.15, 0.2) is 0 Å². The van der Waals surface area contributed by atoms with Crippen molar-refractivity contribution in [2.75, 3.05) is 61.7 Å². The first-order chi connectivity index (χ1) is 30.0. The molecule has 4 aromatic carbocycles. The Morgan fingerprint density at radius 1 is 0.561 bits per heavy atom. The van der Waals surface area contributed by atoms with Crippen molar-refractivity contribution < 1.29 is 19.7 Å². The van der Waals surface area contributed by atoms with E-state index >= 15 is 0 Å². The van der Waals surface area contributed by atoms with Gasteiger partial charge in [0.2, 0.25) is 0 Å². The normalized spacial score (nSPS) is 13.4. The molecule has 378 valence electrons. The number of phenols is 2. The zero-order chi connectivity index (χ0) is 51.4.